The van der Waals surface area contributed by atoms with Gasteiger partial charge in [0.25, 0.3) is 0 Å². The fraction of sp³-hybridized carbons (Fsp3) is 0.500. The first-order chi connectivity index (χ1) is 4.22. The second-order valence-electron chi connectivity index (χ2n) is 1.26. The molecule has 9 heavy (non-hydrogen) atoms. The van der Waals surface area contributed by atoms with Gasteiger partial charge < -0.3 is 5.73 Å². The molecule has 0 atom stereocenters. The van der Waals surface area contributed by atoms with Gasteiger partial charge in [-0.25, -0.2) is 0 Å². The van der Waals surface area contributed by atoms with Crippen molar-refractivity contribution in [1.29, 1.82) is 0 Å². The van der Waals surface area contributed by atoms with Crippen molar-refractivity contribution in [2.24, 2.45) is 0 Å². The van der Waals surface area contributed by atoms with E-state index < -0.39 is 6.55 Å². The molecule has 7 heteroatoms. The minimum atomic E-state index is -2.76. The van der Waals surface area contributed by atoms with Crippen LogP contribution < -0.4 is 5.73 Å². The monoisotopic (exact) mass is 135 g/mol. The van der Waals surface area contributed by atoms with Crippen LogP contribution in [-0.4, -0.2) is 20.2 Å². The van der Waals surface area contributed by atoms with Gasteiger partial charge in [0.05, 0.1) is 0 Å². The average molecular weight is 135 g/mol. The summed E-state index contributed by atoms with van der Waals surface area (Å²) in [6.45, 7) is -2.76. The lowest BCUT2D eigenvalue weighted by Gasteiger charge is -1.94. The Morgan fingerprint density at radius 3 is 2.44 bits per heavy atom. The van der Waals surface area contributed by atoms with Gasteiger partial charge in [0, 0.05) is 0 Å². The predicted molar refractivity (Wildman–Crippen MR) is 23.5 cm³/mol. The van der Waals surface area contributed by atoms with Crippen molar-refractivity contribution in [3.05, 3.63) is 0 Å². The Labute approximate surface area is 48.5 Å². The molecule has 1 aromatic rings. The van der Waals surface area contributed by atoms with Crippen molar-refractivity contribution in [2.45, 2.75) is 6.55 Å². The van der Waals surface area contributed by atoms with Crippen LogP contribution in [-0.2, 0) is 0 Å². The topological polar surface area (TPSA) is 69.6 Å². The largest absolute Gasteiger partial charge is 0.366 e. The summed E-state index contributed by atoms with van der Waals surface area (Å²) in [5.74, 6) is -0.384. The summed E-state index contributed by atoms with van der Waals surface area (Å²) in [6.07, 6.45) is 0. The van der Waals surface area contributed by atoms with Crippen LogP contribution in [0.15, 0.2) is 0 Å². The standard InChI is InChI=1S/C2H3F2N5/c3-1(4)9-2(5)6-7-8-9/h1H,(H2,5,6,8). The van der Waals surface area contributed by atoms with Gasteiger partial charge in [-0.05, 0) is 10.4 Å². The number of alkyl halides is 2. The molecule has 0 amide bonds. The van der Waals surface area contributed by atoms with Gasteiger partial charge in [-0.2, -0.15) is 8.78 Å². The highest BCUT2D eigenvalue weighted by Gasteiger charge is 2.10. The maximum Gasteiger partial charge on any atom is 0.337 e. The molecule has 0 saturated carbocycles. The summed E-state index contributed by atoms with van der Waals surface area (Å²) in [5.41, 5.74) is 4.89. The van der Waals surface area contributed by atoms with Crippen LogP contribution in [0.3, 0.4) is 0 Å². The molecule has 1 aromatic heterocycles. The maximum atomic E-state index is 11.6. The zero-order valence-electron chi connectivity index (χ0n) is 4.20. The van der Waals surface area contributed by atoms with Gasteiger partial charge >= 0.3 is 6.55 Å². The first kappa shape index (κ1) is 5.86. The van der Waals surface area contributed by atoms with Gasteiger partial charge in [-0.1, -0.05) is 5.10 Å². The fourth-order valence-electron chi connectivity index (χ4n) is 0.340. The summed E-state index contributed by atoms with van der Waals surface area (Å²) in [6, 6.07) is 0. The normalized spacial score (nSPS) is 10.6. The Morgan fingerprint density at radius 1 is 1.56 bits per heavy atom. The summed E-state index contributed by atoms with van der Waals surface area (Å²) in [4.78, 5) is 0. The van der Waals surface area contributed by atoms with Crippen LogP contribution >= 0.6 is 0 Å². The first-order valence-electron chi connectivity index (χ1n) is 2.03. The molecule has 50 valence electrons. The number of aromatic nitrogens is 4. The predicted octanol–water partition coefficient (Wildman–Crippen LogP) is -0.350. The summed E-state index contributed by atoms with van der Waals surface area (Å²) in [5, 5.41) is 8.83. The van der Waals surface area contributed by atoms with Crippen LogP contribution in [0.2, 0.25) is 0 Å². The summed E-state index contributed by atoms with van der Waals surface area (Å²) in [7, 11) is 0. The highest BCUT2D eigenvalue weighted by Crippen LogP contribution is 2.08. The molecule has 2 N–H and O–H groups in total. The molecule has 0 fully saturated rings. The Kier molecular flexibility index (Phi) is 1.25. The van der Waals surface area contributed by atoms with Crippen LogP contribution in [0, 0.1) is 0 Å². The van der Waals surface area contributed by atoms with Crippen molar-refractivity contribution < 1.29 is 8.78 Å². The van der Waals surface area contributed by atoms with Gasteiger partial charge in [0.2, 0.25) is 5.95 Å². The van der Waals surface area contributed by atoms with Gasteiger partial charge in [-0.3, -0.25) is 0 Å². The molecule has 0 bridgehead atoms. The van der Waals surface area contributed by atoms with E-state index >= 15 is 0 Å². The van der Waals surface area contributed by atoms with Crippen molar-refractivity contribution in [1.82, 2.24) is 20.2 Å². The molecule has 0 aliphatic heterocycles. The Bertz CT molecular complexity index is 195. The quantitative estimate of drug-likeness (QED) is 0.571. The first-order valence-corrected chi connectivity index (χ1v) is 2.03. The number of tetrazole rings is 1. The van der Waals surface area contributed by atoms with Crippen molar-refractivity contribution in [2.75, 3.05) is 5.73 Å². The lowest BCUT2D eigenvalue weighted by Crippen LogP contribution is -2.05. The highest BCUT2D eigenvalue weighted by molar-refractivity contribution is 5.09. The zero-order valence-corrected chi connectivity index (χ0v) is 4.20. The number of hydrogen-bond acceptors (Lipinski definition) is 4. The molecular weight excluding hydrogens is 132 g/mol. The number of rotatable bonds is 1. The molecule has 0 unspecified atom stereocenters. The Morgan fingerprint density at radius 2 is 2.22 bits per heavy atom. The number of halogens is 2. The minimum Gasteiger partial charge on any atom is -0.366 e. The van der Waals surface area contributed by atoms with E-state index in [4.69, 9.17) is 5.73 Å². The lowest BCUT2D eigenvalue weighted by molar-refractivity contribution is 0.0570. The molecule has 5 nitrogen and oxygen atoms in total. The number of nitrogen functional groups attached to an aromatic ring is 1. The lowest BCUT2D eigenvalue weighted by atomic mass is 11.0. The van der Waals surface area contributed by atoms with E-state index in [9.17, 15) is 8.78 Å². The van der Waals surface area contributed by atoms with Crippen LogP contribution in [0.4, 0.5) is 14.7 Å². The van der Waals surface area contributed by atoms with Gasteiger partial charge in [-0.15, -0.1) is 4.68 Å². The van der Waals surface area contributed by atoms with E-state index in [0.717, 1.165) is 0 Å². The number of nitrogens with zero attached hydrogens (tertiary/aromatic N) is 4. The SMILES string of the molecule is Nc1nnnn1C(F)F. The Balaban J connectivity index is 2.94. The second kappa shape index (κ2) is 1.92. The third-order valence-electron chi connectivity index (χ3n) is 0.703. The van der Waals surface area contributed by atoms with E-state index in [0.29, 0.717) is 0 Å². The molecule has 0 aromatic carbocycles. The van der Waals surface area contributed by atoms with Crippen molar-refractivity contribution in [3.8, 4) is 0 Å². The molecule has 0 spiro atoms. The summed E-state index contributed by atoms with van der Waals surface area (Å²) < 4.78 is 23.4. The number of nitrogens with two attached hydrogens (primary N) is 1. The average Bonchev–Trinajstić information content (AvgIpc) is 2.13. The van der Waals surface area contributed by atoms with Crippen LogP contribution in [0.1, 0.15) is 6.55 Å². The Hall–Kier alpha value is -1.27. The van der Waals surface area contributed by atoms with Crippen molar-refractivity contribution in [3.63, 3.8) is 0 Å². The van der Waals surface area contributed by atoms with Crippen LogP contribution in [0.5, 0.6) is 0 Å². The van der Waals surface area contributed by atoms with Gasteiger partial charge in [0.15, 0.2) is 0 Å². The van der Waals surface area contributed by atoms with E-state index in [-0.39, 0.29) is 10.6 Å². The molecule has 1 rings (SSSR count). The third-order valence-corrected chi connectivity index (χ3v) is 0.703. The van der Waals surface area contributed by atoms with Crippen LogP contribution in [0.25, 0.3) is 0 Å². The molecule has 0 radical (unpaired) electrons. The van der Waals surface area contributed by atoms with E-state index in [1.54, 1.807) is 0 Å². The van der Waals surface area contributed by atoms with Gasteiger partial charge in [0.1, 0.15) is 0 Å². The molecule has 0 aliphatic rings. The second-order valence-corrected chi connectivity index (χ2v) is 1.26. The molecule has 0 saturated heterocycles. The third kappa shape index (κ3) is 0.929. The van der Waals surface area contributed by atoms with E-state index in [1.165, 1.54) is 0 Å². The highest BCUT2D eigenvalue weighted by atomic mass is 19.3. The summed E-state index contributed by atoms with van der Waals surface area (Å²) >= 11 is 0. The maximum absolute atomic E-state index is 11.6. The fourth-order valence-corrected chi connectivity index (χ4v) is 0.340. The van der Waals surface area contributed by atoms with Crippen molar-refractivity contribution >= 4 is 5.95 Å². The minimum absolute atomic E-state index is 0.222. The number of anilines is 1. The van der Waals surface area contributed by atoms with E-state index in [2.05, 4.69) is 15.5 Å². The zero-order chi connectivity index (χ0) is 6.85. The molecular formula is C2H3F2N5. The smallest absolute Gasteiger partial charge is 0.337 e. The number of hydrogen-bond donors (Lipinski definition) is 1. The molecule has 1 heterocycles. The molecule has 0 aliphatic carbocycles. The van der Waals surface area contributed by atoms with E-state index in [1.807, 2.05) is 0 Å².